The molecule has 2 rings (SSSR count). The third-order valence-corrected chi connectivity index (χ3v) is 5.88. The molecule has 1 aliphatic carbocycles. The zero-order valence-corrected chi connectivity index (χ0v) is 14.0. The minimum absolute atomic E-state index is 0.0858. The van der Waals surface area contributed by atoms with E-state index in [1.54, 1.807) is 11.8 Å². The molecular formula is C16H24N2O2S. The number of rotatable bonds is 4. The maximum atomic E-state index is 11.5. The second-order valence-corrected chi connectivity index (χ2v) is 7.20. The number of hydrogen-bond donors (Lipinski definition) is 1. The summed E-state index contributed by atoms with van der Waals surface area (Å²) in [4.78, 5) is 20.5. The SMILES string of the molecule is CCC1CCC(C(=O)O)C(Sc2nc(C)c(C)c(C)n2)C1. The average molecular weight is 308 g/mol. The Hall–Kier alpha value is -1.10. The van der Waals surface area contributed by atoms with Gasteiger partial charge in [-0.15, -0.1) is 0 Å². The highest BCUT2D eigenvalue weighted by atomic mass is 32.2. The third-order valence-electron chi connectivity index (χ3n) is 4.66. The van der Waals surface area contributed by atoms with Gasteiger partial charge in [-0.25, -0.2) is 9.97 Å². The summed E-state index contributed by atoms with van der Waals surface area (Å²) in [5, 5.41) is 10.3. The normalized spacial score (nSPS) is 25.8. The van der Waals surface area contributed by atoms with Crippen molar-refractivity contribution >= 4 is 17.7 Å². The van der Waals surface area contributed by atoms with Gasteiger partial charge in [0.2, 0.25) is 0 Å². The molecule has 3 unspecified atom stereocenters. The molecule has 1 saturated carbocycles. The molecule has 0 saturated heterocycles. The first-order valence-corrected chi connectivity index (χ1v) is 8.51. The van der Waals surface area contributed by atoms with Crippen LogP contribution < -0.4 is 0 Å². The molecule has 5 heteroatoms. The minimum atomic E-state index is -0.678. The van der Waals surface area contributed by atoms with Gasteiger partial charge in [-0.05, 0) is 51.5 Å². The Morgan fingerprint density at radius 3 is 2.38 bits per heavy atom. The number of hydrogen-bond acceptors (Lipinski definition) is 4. The highest BCUT2D eigenvalue weighted by Gasteiger charge is 2.35. The largest absolute Gasteiger partial charge is 0.481 e. The molecule has 0 aromatic carbocycles. The van der Waals surface area contributed by atoms with Crippen molar-refractivity contribution in [1.29, 1.82) is 0 Å². The number of carbonyl (C=O) groups is 1. The maximum absolute atomic E-state index is 11.5. The Morgan fingerprint density at radius 1 is 1.24 bits per heavy atom. The Bertz CT molecular complexity index is 510. The van der Waals surface area contributed by atoms with Gasteiger partial charge in [0, 0.05) is 16.6 Å². The predicted octanol–water partition coefficient (Wildman–Crippen LogP) is 3.77. The van der Waals surface area contributed by atoms with Crippen LogP contribution in [-0.2, 0) is 4.79 Å². The van der Waals surface area contributed by atoms with Gasteiger partial charge in [0.15, 0.2) is 5.16 Å². The summed E-state index contributed by atoms with van der Waals surface area (Å²) < 4.78 is 0. The van der Waals surface area contributed by atoms with Crippen LogP contribution in [0.25, 0.3) is 0 Å². The van der Waals surface area contributed by atoms with E-state index in [9.17, 15) is 9.90 Å². The van der Waals surface area contributed by atoms with E-state index in [0.29, 0.717) is 5.92 Å². The van der Waals surface area contributed by atoms with Crippen molar-refractivity contribution in [1.82, 2.24) is 9.97 Å². The number of carboxylic acids is 1. The first-order valence-electron chi connectivity index (χ1n) is 7.63. The van der Waals surface area contributed by atoms with E-state index in [2.05, 4.69) is 16.9 Å². The van der Waals surface area contributed by atoms with Crippen LogP contribution in [0.15, 0.2) is 5.16 Å². The standard InChI is InChI=1S/C16H24N2O2S/c1-5-12-6-7-13(15(19)20)14(8-12)21-16-17-10(3)9(2)11(4)18-16/h12-14H,5-8H2,1-4H3,(H,19,20). The van der Waals surface area contributed by atoms with Gasteiger partial charge >= 0.3 is 5.97 Å². The lowest BCUT2D eigenvalue weighted by Crippen LogP contribution is -2.32. The van der Waals surface area contributed by atoms with Crippen molar-refractivity contribution in [3.05, 3.63) is 17.0 Å². The van der Waals surface area contributed by atoms with Crippen LogP contribution >= 0.6 is 11.8 Å². The number of aromatic nitrogens is 2. The lowest BCUT2D eigenvalue weighted by molar-refractivity contribution is -0.142. The van der Waals surface area contributed by atoms with Crippen molar-refractivity contribution in [2.45, 2.75) is 63.8 Å². The topological polar surface area (TPSA) is 63.1 Å². The number of thioether (sulfide) groups is 1. The van der Waals surface area contributed by atoms with Gasteiger partial charge in [-0.1, -0.05) is 25.1 Å². The molecule has 1 aromatic heterocycles. The van der Waals surface area contributed by atoms with E-state index >= 15 is 0 Å². The molecule has 1 fully saturated rings. The van der Waals surface area contributed by atoms with Crippen LogP contribution in [0.3, 0.4) is 0 Å². The molecule has 1 aliphatic rings. The Kier molecular flexibility index (Phi) is 5.25. The van der Waals surface area contributed by atoms with Crippen molar-refractivity contribution in [2.24, 2.45) is 11.8 Å². The predicted molar refractivity (Wildman–Crippen MR) is 84.6 cm³/mol. The number of carboxylic acid groups (broad SMARTS) is 1. The highest BCUT2D eigenvalue weighted by molar-refractivity contribution is 7.99. The second-order valence-electron chi connectivity index (χ2n) is 5.99. The van der Waals surface area contributed by atoms with Crippen molar-refractivity contribution in [3.63, 3.8) is 0 Å². The molecule has 3 atom stereocenters. The molecule has 4 nitrogen and oxygen atoms in total. The van der Waals surface area contributed by atoms with Crippen LogP contribution in [-0.4, -0.2) is 26.3 Å². The molecular weight excluding hydrogens is 284 g/mol. The molecule has 0 bridgehead atoms. The van der Waals surface area contributed by atoms with E-state index in [4.69, 9.17) is 0 Å². The Balaban J connectivity index is 2.19. The fraction of sp³-hybridized carbons (Fsp3) is 0.688. The highest BCUT2D eigenvalue weighted by Crippen LogP contribution is 2.40. The molecule has 1 heterocycles. The van der Waals surface area contributed by atoms with Gasteiger partial charge in [0.1, 0.15) is 0 Å². The quantitative estimate of drug-likeness (QED) is 0.858. The van der Waals surface area contributed by atoms with E-state index in [1.807, 2.05) is 20.8 Å². The van der Waals surface area contributed by atoms with Gasteiger partial charge in [0.05, 0.1) is 5.92 Å². The molecule has 0 aliphatic heterocycles. The summed E-state index contributed by atoms with van der Waals surface area (Å²) in [6.45, 7) is 8.17. The average Bonchev–Trinajstić information content (AvgIpc) is 2.44. The van der Waals surface area contributed by atoms with Gasteiger partial charge in [0.25, 0.3) is 0 Å². The zero-order valence-electron chi connectivity index (χ0n) is 13.2. The Morgan fingerprint density at radius 2 is 1.86 bits per heavy atom. The van der Waals surface area contributed by atoms with Crippen LogP contribution in [0.5, 0.6) is 0 Å². The van der Waals surface area contributed by atoms with Gasteiger partial charge in [-0.2, -0.15) is 0 Å². The molecule has 116 valence electrons. The van der Waals surface area contributed by atoms with Crippen LogP contribution in [0.1, 0.15) is 49.6 Å². The lowest BCUT2D eigenvalue weighted by Gasteiger charge is -2.32. The summed E-state index contributed by atoms with van der Waals surface area (Å²) in [6, 6.07) is 0. The van der Waals surface area contributed by atoms with Crippen molar-refractivity contribution < 1.29 is 9.90 Å². The number of nitrogens with zero attached hydrogens (tertiary/aromatic N) is 2. The van der Waals surface area contributed by atoms with E-state index in [1.165, 1.54) is 0 Å². The molecule has 21 heavy (non-hydrogen) atoms. The van der Waals surface area contributed by atoms with Crippen LogP contribution in [0.4, 0.5) is 0 Å². The summed E-state index contributed by atoms with van der Waals surface area (Å²) in [7, 11) is 0. The fourth-order valence-electron chi connectivity index (χ4n) is 2.92. The van der Waals surface area contributed by atoms with Gasteiger partial charge in [-0.3, -0.25) is 4.79 Å². The molecule has 0 amide bonds. The summed E-state index contributed by atoms with van der Waals surface area (Å²) in [6.07, 6.45) is 3.87. The smallest absolute Gasteiger partial charge is 0.307 e. The number of aliphatic carboxylic acids is 1. The van der Waals surface area contributed by atoms with Crippen LogP contribution in [0, 0.1) is 32.6 Å². The molecule has 1 aromatic rings. The third kappa shape index (κ3) is 3.76. The number of aryl methyl sites for hydroxylation is 2. The monoisotopic (exact) mass is 308 g/mol. The maximum Gasteiger partial charge on any atom is 0.307 e. The summed E-state index contributed by atoms with van der Waals surface area (Å²) >= 11 is 1.55. The lowest BCUT2D eigenvalue weighted by atomic mass is 9.80. The van der Waals surface area contributed by atoms with Crippen molar-refractivity contribution in [2.75, 3.05) is 0 Å². The minimum Gasteiger partial charge on any atom is -0.481 e. The second kappa shape index (κ2) is 6.77. The molecule has 1 N–H and O–H groups in total. The molecule has 0 spiro atoms. The summed E-state index contributed by atoms with van der Waals surface area (Å²) in [5.74, 6) is -0.323. The van der Waals surface area contributed by atoms with Crippen LogP contribution in [0.2, 0.25) is 0 Å². The van der Waals surface area contributed by atoms with Crippen molar-refractivity contribution in [3.8, 4) is 0 Å². The molecule has 0 radical (unpaired) electrons. The first-order chi connectivity index (χ1) is 9.92. The van der Waals surface area contributed by atoms with Gasteiger partial charge < -0.3 is 5.11 Å². The zero-order chi connectivity index (χ0) is 15.6. The first kappa shape index (κ1) is 16.3. The fourth-order valence-corrected chi connectivity index (χ4v) is 4.36. The van der Waals surface area contributed by atoms with E-state index in [-0.39, 0.29) is 11.2 Å². The van der Waals surface area contributed by atoms with E-state index < -0.39 is 5.97 Å². The van der Waals surface area contributed by atoms with E-state index in [0.717, 1.165) is 47.8 Å². The Labute approximate surface area is 130 Å². The summed E-state index contributed by atoms with van der Waals surface area (Å²) in [5.41, 5.74) is 3.09.